The fraction of sp³-hybridized carbons (Fsp3) is 0.471. The van der Waals surface area contributed by atoms with Crippen LogP contribution in [0.3, 0.4) is 0 Å². The quantitative estimate of drug-likeness (QED) is 0.883. The molecule has 1 fully saturated rings. The maximum absolute atomic E-state index is 12.3. The number of hydrogen-bond donors (Lipinski definition) is 2. The fourth-order valence-electron chi connectivity index (χ4n) is 3.14. The summed E-state index contributed by atoms with van der Waals surface area (Å²) in [5, 5.41) is 17.2. The maximum Gasteiger partial charge on any atom is 0.254 e. The molecule has 2 aromatic heterocycles. The molecule has 6 nitrogen and oxygen atoms in total. The van der Waals surface area contributed by atoms with Crippen LogP contribution in [0.4, 0.5) is 0 Å². The van der Waals surface area contributed by atoms with Crippen LogP contribution in [0.2, 0.25) is 0 Å². The van der Waals surface area contributed by atoms with Gasteiger partial charge >= 0.3 is 0 Å². The lowest BCUT2D eigenvalue weighted by Gasteiger charge is -2.17. The molecule has 23 heavy (non-hydrogen) atoms. The molecule has 0 spiro atoms. The molecule has 1 amide bonds. The first kappa shape index (κ1) is 15.7. The van der Waals surface area contributed by atoms with Crippen LogP contribution in [0.15, 0.2) is 30.6 Å². The highest BCUT2D eigenvalue weighted by molar-refractivity contribution is 5.95. The van der Waals surface area contributed by atoms with E-state index in [0.717, 1.165) is 18.5 Å². The zero-order valence-electron chi connectivity index (χ0n) is 13.3. The molecule has 1 aliphatic rings. The second-order valence-electron chi connectivity index (χ2n) is 6.07. The topological polar surface area (TPSA) is 80.0 Å². The zero-order chi connectivity index (χ0) is 16.2. The van der Waals surface area contributed by atoms with E-state index < -0.39 is 6.10 Å². The Hall–Kier alpha value is -2.21. The molecule has 0 saturated heterocycles. The Balaban J connectivity index is 1.65. The lowest BCUT2D eigenvalue weighted by Crippen LogP contribution is -2.35. The number of aliphatic hydroxyl groups is 1. The molecule has 122 valence electrons. The summed E-state index contributed by atoms with van der Waals surface area (Å²) in [5.41, 5.74) is 1.24. The Labute approximate surface area is 135 Å². The average Bonchev–Trinajstić information content (AvgIpc) is 3.23. The summed E-state index contributed by atoms with van der Waals surface area (Å²) in [7, 11) is 0. The van der Waals surface area contributed by atoms with Gasteiger partial charge in [0, 0.05) is 12.7 Å². The van der Waals surface area contributed by atoms with E-state index in [1.54, 1.807) is 17.1 Å². The van der Waals surface area contributed by atoms with Gasteiger partial charge in [-0.3, -0.25) is 4.79 Å². The van der Waals surface area contributed by atoms with Gasteiger partial charge in [-0.15, -0.1) is 0 Å². The summed E-state index contributed by atoms with van der Waals surface area (Å²) < 4.78 is 1.64. The van der Waals surface area contributed by atoms with Crippen molar-refractivity contribution in [2.75, 3.05) is 6.54 Å². The number of aliphatic hydroxyl groups excluding tert-OH is 1. The van der Waals surface area contributed by atoms with Crippen molar-refractivity contribution in [3.8, 4) is 5.82 Å². The van der Waals surface area contributed by atoms with Gasteiger partial charge < -0.3 is 10.4 Å². The Morgan fingerprint density at radius 3 is 2.91 bits per heavy atom. The number of amides is 1. The Morgan fingerprint density at radius 1 is 1.43 bits per heavy atom. The first-order valence-electron chi connectivity index (χ1n) is 8.09. The van der Waals surface area contributed by atoms with Crippen LogP contribution >= 0.6 is 0 Å². The van der Waals surface area contributed by atoms with Crippen molar-refractivity contribution in [3.63, 3.8) is 0 Å². The molecule has 2 N–H and O–H groups in total. The van der Waals surface area contributed by atoms with E-state index in [4.69, 9.17) is 0 Å². The first-order valence-corrected chi connectivity index (χ1v) is 8.09. The summed E-state index contributed by atoms with van der Waals surface area (Å²) in [4.78, 5) is 16.6. The predicted octanol–water partition coefficient (Wildman–Crippen LogP) is 1.86. The normalized spacial score (nSPS) is 16.4. The van der Waals surface area contributed by atoms with E-state index in [2.05, 4.69) is 15.4 Å². The fourth-order valence-corrected chi connectivity index (χ4v) is 3.14. The Kier molecular flexibility index (Phi) is 4.71. The van der Waals surface area contributed by atoms with Crippen LogP contribution in [-0.4, -0.2) is 38.4 Å². The average molecular weight is 314 g/mol. The monoisotopic (exact) mass is 314 g/mol. The van der Waals surface area contributed by atoms with Crippen molar-refractivity contribution >= 4 is 5.91 Å². The number of hydrogen-bond acceptors (Lipinski definition) is 4. The number of aromatic nitrogens is 3. The summed E-state index contributed by atoms with van der Waals surface area (Å²) in [5.74, 6) is 0.782. The van der Waals surface area contributed by atoms with Gasteiger partial charge in [0.25, 0.3) is 5.91 Å². The molecule has 1 saturated carbocycles. The molecule has 1 atom stereocenters. The van der Waals surface area contributed by atoms with Gasteiger partial charge in [-0.1, -0.05) is 18.9 Å². The Bertz CT molecular complexity index is 662. The van der Waals surface area contributed by atoms with Crippen molar-refractivity contribution in [1.82, 2.24) is 20.1 Å². The van der Waals surface area contributed by atoms with Gasteiger partial charge in [-0.25, -0.2) is 9.67 Å². The number of nitrogens with zero attached hydrogens (tertiary/aromatic N) is 3. The first-order chi connectivity index (χ1) is 11.2. The SMILES string of the molecule is Cc1c(C(=O)NCC(O)C2CCCC2)cnn1-c1ccccn1. The molecule has 0 aliphatic heterocycles. The van der Waals surface area contributed by atoms with Gasteiger partial charge in [0.2, 0.25) is 0 Å². The van der Waals surface area contributed by atoms with Gasteiger partial charge in [0.05, 0.1) is 23.6 Å². The molecule has 0 aromatic carbocycles. The van der Waals surface area contributed by atoms with Crippen molar-refractivity contribution in [1.29, 1.82) is 0 Å². The molecule has 2 heterocycles. The second kappa shape index (κ2) is 6.91. The van der Waals surface area contributed by atoms with Gasteiger partial charge in [-0.05, 0) is 37.8 Å². The lowest BCUT2D eigenvalue weighted by atomic mass is 10.0. The van der Waals surface area contributed by atoms with E-state index >= 15 is 0 Å². The molecule has 2 aromatic rings. The third kappa shape index (κ3) is 3.42. The third-order valence-corrected chi connectivity index (χ3v) is 4.54. The van der Waals surface area contributed by atoms with Gasteiger partial charge in [0.15, 0.2) is 5.82 Å². The maximum atomic E-state index is 12.3. The van der Waals surface area contributed by atoms with Crippen LogP contribution in [-0.2, 0) is 0 Å². The van der Waals surface area contributed by atoms with E-state index in [9.17, 15) is 9.90 Å². The van der Waals surface area contributed by atoms with Crippen LogP contribution in [0.5, 0.6) is 0 Å². The summed E-state index contributed by atoms with van der Waals surface area (Å²) in [6, 6.07) is 5.55. The number of carbonyl (C=O) groups is 1. The largest absolute Gasteiger partial charge is 0.391 e. The molecule has 1 aliphatic carbocycles. The van der Waals surface area contributed by atoms with Crippen LogP contribution in [0.25, 0.3) is 5.82 Å². The predicted molar refractivity (Wildman–Crippen MR) is 86.4 cm³/mol. The minimum atomic E-state index is -0.465. The van der Waals surface area contributed by atoms with E-state index in [1.807, 2.05) is 25.1 Å². The molecular weight excluding hydrogens is 292 g/mol. The highest BCUT2D eigenvalue weighted by atomic mass is 16.3. The highest BCUT2D eigenvalue weighted by Crippen LogP contribution is 2.27. The number of pyridine rings is 1. The van der Waals surface area contributed by atoms with E-state index in [0.29, 0.717) is 17.3 Å². The summed E-state index contributed by atoms with van der Waals surface area (Å²) in [6.07, 6.45) is 7.21. The molecule has 3 rings (SSSR count). The summed E-state index contributed by atoms with van der Waals surface area (Å²) >= 11 is 0. The minimum absolute atomic E-state index is 0.207. The molecule has 6 heteroatoms. The molecular formula is C17H22N4O2. The van der Waals surface area contributed by atoms with E-state index in [-0.39, 0.29) is 12.5 Å². The zero-order valence-corrected chi connectivity index (χ0v) is 13.3. The molecule has 0 bridgehead atoms. The number of nitrogens with one attached hydrogen (secondary N) is 1. The van der Waals surface area contributed by atoms with Crippen LogP contribution in [0, 0.1) is 12.8 Å². The second-order valence-corrected chi connectivity index (χ2v) is 6.07. The van der Waals surface area contributed by atoms with Crippen LogP contribution < -0.4 is 5.32 Å². The molecule has 0 radical (unpaired) electrons. The van der Waals surface area contributed by atoms with Crippen molar-refractivity contribution in [3.05, 3.63) is 41.9 Å². The number of rotatable bonds is 5. The number of carbonyl (C=O) groups excluding carboxylic acids is 1. The third-order valence-electron chi connectivity index (χ3n) is 4.54. The molecule has 1 unspecified atom stereocenters. The van der Waals surface area contributed by atoms with Crippen molar-refractivity contribution < 1.29 is 9.90 Å². The van der Waals surface area contributed by atoms with Gasteiger partial charge in [0.1, 0.15) is 0 Å². The van der Waals surface area contributed by atoms with Crippen LogP contribution in [0.1, 0.15) is 41.7 Å². The lowest BCUT2D eigenvalue weighted by molar-refractivity contribution is 0.0840. The smallest absolute Gasteiger partial charge is 0.254 e. The highest BCUT2D eigenvalue weighted by Gasteiger charge is 2.24. The minimum Gasteiger partial charge on any atom is -0.391 e. The van der Waals surface area contributed by atoms with Gasteiger partial charge in [-0.2, -0.15) is 5.10 Å². The Morgan fingerprint density at radius 2 is 2.22 bits per heavy atom. The van der Waals surface area contributed by atoms with Crippen molar-refractivity contribution in [2.45, 2.75) is 38.7 Å². The van der Waals surface area contributed by atoms with Crippen molar-refractivity contribution in [2.24, 2.45) is 5.92 Å². The van der Waals surface area contributed by atoms with E-state index in [1.165, 1.54) is 12.8 Å². The standard InChI is InChI=1S/C17H22N4O2/c1-12-14(10-20-21(12)16-8-4-5-9-18-16)17(23)19-11-15(22)13-6-2-3-7-13/h4-5,8-10,13,15,22H,2-3,6-7,11H2,1H3,(H,19,23). The summed E-state index contributed by atoms with van der Waals surface area (Å²) in [6.45, 7) is 2.13.